The maximum Gasteiger partial charge on any atom is 0.303 e. The number of aliphatic carboxylic acids is 1. The van der Waals surface area contributed by atoms with Crippen molar-refractivity contribution in [3.05, 3.63) is 29.3 Å². The van der Waals surface area contributed by atoms with Gasteiger partial charge in [-0.05, 0) is 30.0 Å². The molecule has 5 heteroatoms. The standard InChI is InChI=1S/C14H18N2O3/c15-9-10-3-5-12-11(8-10)4-6-13(17)16(12)7-1-2-14(18)19/h3,5,8H,1-2,4,6-7,9,15H2,(H,18,19). The molecular formula is C14H18N2O3. The van der Waals surface area contributed by atoms with Crippen molar-refractivity contribution in [2.45, 2.75) is 32.2 Å². The first-order chi connectivity index (χ1) is 9.11. The number of rotatable bonds is 5. The zero-order valence-corrected chi connectivity index (χ0v) is 10.8. The Kier molecular flexibility index (Phi) is 4.16. The molecule has 19 heavy (non-hydrogen) atoms. The zero-order valence-electron chi connectivity index (χ0n) is 10.8. The normalized spacial score (nSPS) is 14.4. The fourth-order valence-electron chi connectivity index (χ4n) is 2.37. The summed E-state index contributed by atoms with van der Waals surface area (Å²) in [5.41, 5.74) is 8.69. The fourth-order valence-corrected chi connectivity index (χ4v) is 2.37. The third kappa shape index (κ3) is 3.12. The number of nitrogens with two attached hydrogens (primary N) is 1. The highest BCUT2D eigenvalue weighted by Gasteiger charge is 2.23. The van der Waals surface area contributed by atoms with Crippen molar-refractivity contribution in [3.63, 3.8) is 0 Å². The first-order valence-electron chi connectivity index (χ1n) is 6.46. The topological polar surface area (TPSA) is 83.6 Å². The van der Waals surface area contributed by atoms with Crippen molar-refractivity contribution >= 4 is 17.6 Å². The van der Waals surface area contributed by atoms with E-state index in [9.17, 15) is 9.59 Å². The molecule has 0 atom stereocenters. The molecule has 1 amide bonds. The third-order valence-corrected chi connectivity index (χ3v) is 3.35. The van der Waals surface area contributed by atoms with Crippen molar-refractivity contribution in [2.75, 3.05) is 11.4 Å². The SMILES string of the molecule is NCc1ccc2c(c1)CCC(=O)N2CCCC(=O)O. The number of carboxylic acids is 1. The number of benzene rings is 1. The van der Waals surface area contributed by atoms with Gasteiger partial charge in [0, 0.05) is 31.6 Å². The Labute approximate surface area is 112 Å². The van der Waals surface area contributed by atoms with E-state index in [1.165, 1.54) is 0 Å². The van der Waals surface area contributed by atoms with E-state index >= 15 is 0 Å². The van der Waals surface area contributed by atoms with Crippen LogP contribution >= 0.6 is 0 Å². The molecule has 102 valence electrons. The van der Waals surface area contributed by atoms with Crippen LogP contribution in [0, 0.1) is 0 Å². The summed E-state index contributed by atoms with van der Waals surface area (Å²) < 4.78 is 0. The van der Waals surface area contributed by atoms with Crippen molar-refractivity contribution < 1.29 is 14.7 Å². The first-order valence-corrected chi connectivity index (χ1v) is 6.46. The van der Waals surface area contributed by atoms with Crippen LogP contribution < -0.4 is 10.6 Å². The molecule has 1 aliphatic heterocycles. The predicted molar refractivity (Wildman–Crippen MR) is 71.9 cm³/mol. The smallest absolute Gasteiger partial charge is 0.303 e. The van der Waals surface area contributed by atoms with Gasteiger partial charge < -0.3 is 15.7 Å². The van der Waals surface area contributed by atoms with Crippen molar-refractivity contribution in [1.29, 1.82) is 0 Å². The molecule has 1 aromatic carbocycles. The molecule has 0 saturated heterocycles. The Morgan fingerprint density at radius 1 is 1.37 bits per heavy atom. The molecule has 0 aromatic heterocycles. The number of anilines is 1. The maximum absolute atomic E-state index is 11.9. The molecule has 1 heterocycles. The van der Waals surface area contributed by atoms with E-state index < -0.39 is 5.97 Å². The van der Waals surface area contributed by atoms with E-state index in [0.717, 1.165) is 23.2 Å². The molecule has 3 N–H and O–H groups in total. The number of hydrogen-bond donors (Lipinski definition) is 2. The number of carbonyl (C=O) groups is 2. The second-order valence-electron chi connectivity index (χ2n) is 4.71. The largest absolute Gasteiger partial charge is 0.481 e. The summed E-state index contributed by atoms with van der Waals surface area (Å²) in [7, 11) is 0. The fraction of sp³-hybridized carbons (Fsp3) is 0.429. The van der Waals surface area contributed by atoms with E-state index in [2.05, 4.69) is 0 Å². The monoisotopic (exact) mass is 262 g/mol. The maximum atomic E-state index is 11.9. The number of aryl methyl sites for hydroxylation is 1. The molecule has 5 nitrogen and oxygen atoms in total. The number of amides is 1. The summed E-state index contributed by atoms with van der Waals surface area (Å²) in [6.07, 6.45) is 1.77. The molecule has 0 aliphatic carbocycles. The number of carbonyl (C=O) groups excluding carboxylic acids is 1. The lowest BCUT2D eigenvalue weighted by molar-refractivity contribution is -0.137. The van der Waals surface area contributed by atoms with Crippen molar-refractivity contribution in [1.82, 2.24) is 0 Å². The van der Waals surface area contributed by atoms with Gasteiger partial charge in [0.1, 0.15) is 0 Å². The van der Waals surface area contributed by atoms with Crippen LogP contribution in [0.15, 0.2) is 18.2 Å². The van der Waals surface area contributed by atoms with Gasteiger partial charge in [0.2, 0.25) is 5.91 Å². The highest BCUT2D eigenvalue weighted by molar-refractivity contribution is 5.96. The lowest BCUT2D eigenvalue weighted by Gasteiger charge is -2.29. The summed E-state index contributed by atoms with van der Waals surface area (Å²) in [6, 6.07) is 5.86. The van der Waals surface area contributed by atoms with Gasteiger partial charge in [-0.3, -0.25) is 9.59 Å². The van der Waals surface area contributed by atoms with Gasteiger partial charge in [-0.25, -0.2) is 0 Å². The van der Waals surface area contributed by atoms with Crippen LogP contribution in [0.2, 0.25) is 0 Å². The van der Waals surface area contributed by atoms with Gasteiger partial charge in [-0.15, -0.1) is 0 Å². The molecule has 0 saturated carbocycles. The van der Waals surface area contributed by atoms with E-state index in [1.807, 2.05) is 18.2 Å². The summed E-state index contributed by atoms with van der Waals surface area (Å²) in [4.78, 5) is 24.2. The van der Waals surface area contributed by atoms with Crippen LogP contribution in [-0.4, -0.2) is 23.5 Å². The van der Waals surface area contributed by atoms with Crippen LogP contribution in [-0.2, 0) is 22.6 Å². The molecule has 1 aliphatic rings. The third-order valence-electron chi connectivity index (χ3n) is 3.35. The minimum absolute atomic E-state index is 0.0680. The highest BCUT2D eigenvalue weighted by Crippen LogP contribution is 2.29. The van der Waals surface area contributed by atoms with Crippen LogP contribution in [0.25, 0.3) is 0 Å². The van der Waals surface area contributed by atoms with Crippen molar-refractivity contribution in [2.24, 2.45) is 5.73 Å². The number of carboxylic acid groups (broad SMARTS) is 1. The van der Waals surface area contributed by atoms with Gasteiger partial charge in [0.05, 0.1) is 0 Å². The lowest BCUT2D eigenvalue weighted by Crippen LogP contribution is -2.36. The molecule has 0 radical (unpaired) electrons. The summed E-state index contributed by atoms with van der Waals surface area (Å²) in [5, 5.41) is 8.66. The molecule has 0 bridgehead atoms. The van der Waals surface area contributed by atoms with E-state index in [-0.39, 0.29) is 12.3 Å². The van der Waals surface area contributed by atoms with Gasteiger partial charge in [-0.1, -0.05) is 12.1 Å². The van der Waals surface area contributed by atoms with Gasteiger partial charge in [0.25, 0.3) is 0 Å². The van der Waals surface area contributed by atoms with E-state index in [0.29, 0.717) is 25.9 Å². The Balaban J connectivity index is 2.15. The Morgan fingerprint density at radius 2 is 2.16 bits per heavy atom. The average molecular weight is 262 g/mol. The number of fused-ring (bicyclic) bond motifs is 1. The summed E-state index contributed by atoms with van der Waals surface area (Å²) in [5.74, 6) is -0.762. The predicted octanol–water partition coefficient (Wildman–Crippen LogP) is 1.29. The first kappa shape index (κ1) is 13.5. The van der Waals surface area contributed by atoms with Crippen LogP contribution in [0.1, 0.15) is 30.4 Å². The minimum atomic E-state index is -0.830. The average Bonchev–Trinajstić information content (AvgIpc) is 2.40. The quantitative estimate of drug-likeness (QED) is 0.837. The molecule has 0 spiro atoms. The Morgan fingerprint density at radius 3 is 2.84 bits per heavy atom. The van der Waals surface area contributed by atoms with Crippen LogP contribution in [0.4, 0.5) is 5.69 Å². The van der Waals surface area contributed by atoms with E-state index in [4.69, 9.17) is 10.8 Å². The van der Waals surface area contributed by atoms with Gasteiger partial charge in [-0.2, -0.15) is 0 Å². The van der Waals surface area contributed by atoms with Crippen molar-refractivity contribution in [3.8, 4) is 0 Å². The highest BCUT2D eigenvalue weighted by atomic mass is 16.4. The van der Waals surface area contributed by atoms with Gasteiger partial charge in [0.15, 0.2) is 0 Å². The summed E-state index contributed by atoms with van der Waals surface area (Å²) in [6.45, 7) is 0.945. The molecule has 0 unspecified atom stereocenters. The Bertz CT molecular complexity index is 499. The van der Waals surface area contributed by atoms with Crippen LogP contribution in [0.5, 0.6) is 0 Å². The molecular weight excluding hydrogens is 244 g/mol. The second-order valence-corrected chi connectivity index (χ2v) is 4.71. The van der Waals surface area contributed by atoms with Gasteiger partial charge >= 0.3 is 5.97 Å². The number of hydrogen-bond acceptors (Lipinski definition) is 3. The number of nitrogens with zero attached hydrogens (tertiary/aromatic N) is 1. The molecule has 0 fully saturated rings. The lowest BCUT2D eigenvalue weighted by atomic mass is 9.98. The van der Waals surface area contributed by atoms with Crippen LogP contribution in [0.3, 0.4) is 0 Å². The van der Waals surface area contributed by atoms with E-state index in [1.54, 1.807) is 4.90 Å². The molecule has 1 aromatic rings. The second kappa shape index (κ2) is 5.84. The zero-order chi connectivity index (χ0) is 13.8. The summed E-state index contributed by atoms with van der Waals surface area (Å²) >= 11 is 0. The minimum Gasteiger partial charge on any atom is -0.481 e. The Hall–Kier alpha value is -1.88. The molecule has 2 rings (SSSR count).